The highest BCUT2D eigenvalue weighted by Gasteiger charge is 2.42. The second-order valence-electron chi connectivity index (χ2n) is 7.53. The molecule has 1 aliphatic carbocycles. The maximum Gasteiger partial charge on any atom is 0.322 e. The molecule has 1 aromatic carbocycles. The van der Waals surface area contributed by atoms with Crippen LogP contribution in [0.2, 0.25) is 0 Å². The van der Waals surface area contributed by atoms with E-state index in [1.54, 1.807) is 12.1 Å². The number of amides is 3. The van der Waals surface area contributed by atoms with Gasteiger partial charge in [0.05, 0.1) is 0 Å². The van der Waals surface area contributed by atoms with Crippen LogP contribution in [0.25, 0.3) is 0 Å². The molecule has 3 aliphatic rings. The fourth-order valence-corrected chi connectivity index (χ4v) is 4.22. The number of nitrogens with zero attached hydrogens (tertiary/aromatic N) is 1. The zero-order valence-electron chi connectivity index (χ0n) is 14.2. The molecule has 1 aromatic rings. The quantitative estimate of drug-likeness (QED) is 0.883. The Kier molecular flexibility index (Phi) is 4.36. The number of rotatable bonds is 3. The minimum absolute atomic E-state index is 0.117. The smallest absolute Gasteiger partial charge is 0.322 e. The third-order valence-corrected chi connectivity index (χ3v) is 5.60. The molecule has 2 bridgehead atoms. The van der Waals surface area contributed by atoms with Crippen molar-refractivity contribution in [2.45, 2.75) is 63.1 Å². The normalized spacial score (nSPS) is 28.4. The predicted molar refractivity (Wildman–Crippen MR) is 92.6 cm³/mol. The number of halogens is 1. The second kappa shape index (κ2) is 6.65. The summed E-state index contributed by atoms with van der Waals surface area (Å²) in [6.07, 6.45) is 6.75. The summed E-state index contributed by atoms with van der Waals surface area (Å²) in [7, 11) is 0. The van der Waals surface area contributed by atoms with Gasteiger partial charge < -0.3 is 15.5 Å². The topological polar surface area (TPSA) is 61.4 Å². The van der Waals surface area contributed by atoms with E-state index in [4.69, 9.17) is 0 Å². The summed E-state index contributed by atoms with van der Waals surface area (Å²) in [5, 5.41) is 6.07. The summed E-state index contributed by atoms with van der Waals surface area (Å²) in [5.74, 6) is 0.0917. The van der Waals surface area contributed by atoms with Gasteiger partial charge in [-0.3, -0.25) is 4.79 Å². The van der Waals surface area contributed by atoms with Crippen LogP contribution >= 0.6 is 0 Å². The monoisotopic (exact) mass is 345 g/mol. The van der Waals surface area contributed by atoms with Gasteiger partial charge in [0, 0.05) is 29.7 Å². The van der Waals surface area contributed by atoms with Gasteiger partial charge in [0.15, 0.2) is 0 Å². The van der Waals surface area contributed by atoms with Crippen LogP contribution in [0, 0.1) is 11.7 Å². The summed E-state index contributed by atoms with van der Waals surface area (Å²) in [6, 6.07) is 6.23. The Morgan fingerprint density at radius 3 is 2.24 bits per heavy atom. The molecule has 3 amide bonds. The molecule has 3 fully saturated rings. The minimum atomic E-state index is -0.318. The molecule has 0 spiro atoms. The Morgan fingerprint density at radius 2 is 1.64 bits per heavy atom. The van der Waals surface area contributed by atoms with Gasteiger partial charge in [-0.15, -0.1) is 0 Å². The van der Waals surface area contributed by atoms with Gasteiger partial charge in [-0.05, 0) is 69.2 Å². The van der Waals surface area contributed by atoms with E-state index in [-0.39, 0.29) is 41.8 Å². The fourth-order valence-electron chi connectivity index (χ4n) is 4.22. The van der Waals surface area contributed by atoms with Crippen LogP contribution in [0.15, 0.2) is 24.3 Å². The summed E-state index contributed by atoms with van der Waals surface area (Å²) in [6.45, 7) is 0. The van der Waals surface area contributed by atoms with Gasteiger partial charge in [0.2, 0.25) is 5.91 Å². The van der Waals surface area contributed by atoms with E-state index in [0.29, 0.717) is 5.69 Å². The Bertz CT molecular complexity index is 645. The van der Waals surface area contributed by atoms with Crippen molar-refractivity contribution >= 4 is 17.6 Å². The highest BCUT2D eigenvalue weighted by molar-refractivity contribution is 5.90. The van der Waals surface area contributed by atoms with E-state index in [2.05, 4.69) is 10.6 Å². The van der Waals surface area contributed by atoms with Gasteiger partial charge in [0.1, 0.15) is 5.82 Å². The number of benzene rings is 1. The first-order valence-corrected chi connectivity index (χ1v) is 9.25. The maximum absolute atomic E-state index is 13.0. The molecule has 25 heavy (non-hydrogen) atoms. The minimum Gasteiger partial charge on any atom is -0.353 e. The molecule has 2 N–H and O–H groups in total. The number of hydrogen-bond donors (Lipinski definition) is 2. The first-order chi connectivity index (χ1) is 12.1. The molecule has 6 heteroatoms. The number of carbonyl (C=O) groups is 2. The average Bonchev–Trinajstić information content (AvgIpc) is 3.41. The Hall–Kier alpha value is -2.11. The lowest BCUT2D eigenvalue weighted by Crippen LogP contribution is -2.59. The van der Waals surface area contributed by atoms with E-state index in [0.717, 1.165) is 44.9 Å². The van der Waals surface area contributed by atoms with Gasteiger partial charge in [-0.2, -0.15) is 0 Å². The molecule has 2 saturated heterocycles. The third-order valence-electron chi connectivity index (χ3n) is 5.60. The van der Waals surface area contributed by atoms with Gasteiger partial charge in [-0.1, -0.05) is 0 Å². The molecular weight excluding hydrogens is 321 g/mol. The largest absolute Gasteiger partial charge is 0.353 e. The molecule has 0 radical (unpaired) electrons. The SMILES string of the molecule is O=C(NC1C[C@H]2CCC[C@@H](C1)N2C(=O)Nc1ccc(F)cc1)C1CC1. The number of piperidine rings is 2. The molecule has 134 valence electrons. The van der Waals surface area contributed by atoms with Crippen LogP contribution in [-0.2, 0) is 4.79 Å². The lowest BCUT2D eigenvalue weighted by Gasteiger charge is -2.48. The molecule has 3 atom stereocenters. The van der Waals surface area contributed by atoms with E-state index < -0.39 is 0 Å². The van der Waals surface area contributed by atoms with E-state index >= 15 is 0 Å². The van der Waals surface area contributed by atoms with Crippen LogP contribution in [0.4, 0.5) is 14.9 Å². The molecule has 2 heterocycles. The number of hydrogen-bond acceptors (Lipinski definition) is 2. The first-order valence-electron chi connectivity index (χ1n) is 9.25. The highest BCUT2D eigenvalue weighted by atomic mass is 19.1. The van der Waals surface area contributed by atoms with Crippen LogP contribution in [0.3, 0.4) is 0 Å². The summed E-state index contributed by atoms with van der Waals surface area (Å²) < 4.78 is 13.0. The predicted octanol–water partition coefficient (Wildman–Crippen LogP) is 3.27. The number of fused-ring (bicyclic) bond motifs is 2. The summed E-state index contributed by atoms with van der Waals surface area (Å²) >= 11 is 0. The Morgan fingerprint density at radius 1 is 1.00 bits per heavy atom. The second-order valence-corrected chi connectivity index (χ2v) is 7.53. The van der Waals surface area contributed by atoms with Crippen LogP contribution in [0.5, 0.6) is 0 Å². The van der Waals surface area contributed by atoms with Crippen LogP contribution in [-0.4, -0.2) is 35.0 Å². The molecule has 4 rings (SSSR count). The number of anilines is 1. The van der Waals surface area contributed by atoms with Crippen molar-refractivity contribution in [1.29, 1.82) is 0 Å². The molecule has 2 aliphatic heterocycles. The zero-order valence-corrected chi connectivity index (χ0v) is 14.2. The molecule has 5 nitrogen and oxygen atoms in total. The van der Waals surface area contributed by atoms with Gasteiger partial charge in [0.25, 0.3) is 0 Å². The molecule has 1 saturated carbocycles. The lowest BCUT2D eigenvalue weighted by atomic mass is 9.82. The fraction of sp³-hybridized carbons (Fsp3) is 0.579. The van der Waals surface area contributed by atoms with Crippen LogP contribution in [0.1, 0.15) is 44.9 Å². The van der Waals surface area contributed by atoms with Crippen molar-refractivity contribution in [1.82, 2.24) is 10.2 Å². The summed E-state index contributed by atoms with van der Waals surface area (Å²) in [5.41, 5.74) is 0.605. The zero-order chi connectivity index (χ0) is 17.4. The lowest BCUT2D eigenvalue weighted by molar-refractivity contribution is -0.123. The first kappa shape index (κ1) is 16.4. The van der Waals surface area contributed by atoms with Crippen molar-refractivity contribution in [3.8, 4) is 0 Å². The van der Waals surface area contributed by atoms with Crippen molar-refractivity contribution in [3.63, 3.8) is 0 Å². The third kappa shape index (κ3) is 3.62. The summed E-state index contributed by atoms with van der Waals surface area (Å²) in [4.78, 5) is 26.7. The molecule has 0 aromatic heterocycles. The van der Waals surface area contributed by atoms with Crippen molar-refractivity contribution in [2.75, 3.05) is 5.32 Å². The number of carbonyl (C=O) groups excluding carboxylic acids is 2. The maximum atomic E-state index is 13.0. The Labute approximate surface area is 147 Å². The van der Waals surface area contributed by atoms with Crippen molar-refractivity contribution < 1.29 is 14.0 Å². The van der Waals surface area contributed by atoms with Crippen molar-refractivity contribution in [2.24, 2.45) is 5.92 Å². The van der Waals surface area contributed by atoms with Crippen molar-refractivity contribution in [3.05, 3.63) is 30.1 Å². The van der Waals surface area contributed by atoms with Gasteiger partial charge >= 0.3 is 6.03 Å². The van der Waals surface area contributed by atoms with E-state index in [1.807, 2.05) is 4.90 Å². The standard InChI is InChI=1S/C19H24FN3O2/c20-13-6-8-14(9-7-13)22-19(25)23-16-2-1-3-17(23)11-15(10-16)21-18(24)12-4-5-12/h6-9,12,15-17H,1-5,10-11H2,(H,21,24)(H,22,25)/t15?,16-,17+. The molecular formula is C19H24FN3O2. The number of urea groups is 1. The Balaban J connectivity index is 1.40. The van der Waals surface area contributed by atoms with E-state index in [9.17, 15) is 14.0 Å². The number of nitrogens with one attached hydrogen (secondary N) is 2. The van der Waals surface area contributed by atoms with E-state index in [1.165, 1.54) is 12.1 Å². The average molecular weight is 345 g/mol. The van der Waals surface area contributed by atoms with Gasteiger partial charge in [-0.25, -0.2) is 9.18 Å². The van der Waals surface area contributed by atoms with Crippen LogP contribution < -0.4 is 10.6 Å². The highest BCUT2D eigenvalue weighted by Crippen LogP contribution is 2.35. The molecule has 1 unspecified atom stereocenters.